The number of para-hydroxylation sites is 1. The fourth-order valence-electron chi connectivity index (χ4n) is 2.18. The van der Waals surface area contributed by atoms with E-state index >= 15 is 0 Å². The number of hydrogen-bond acceptors (Lipinski definition) is 3. The van der Waals surface area contributed by atoms with Crippen molar-refractivity contribution in [3.05, 3.63) is 72.2 Å². The van der Waals surface area contributed by atoms with Gasteiger partial charge in [-0.05, 0) is 24.3 Å². The van der Waals surface area contributed by atoms with Crippen LogP contribution in [0.25, 0.3) is 10.9 Å². The van der Waals surface area contributed by atoms with Gasteiger partial charge in [-0.3, -0.25) is 9.36 Å². The summed E-state index contributed by atoms with van der Waals surface area (Å²) >= 11 is 0. The SMILES string of the molecule is O=Cn1ccc(=NS(=O)(=O)c2ccccc2)c2ccccc21. The molecule has 2 aromatic carbocycles. The first-order valence-electron chi connectivity index (χ1n) is 6.53. The largest absolute Gasteiger partial charge is 0.290 e. The average molecular weight is 312 g/mol. The molecule has 0 amide bonds. The lowest BCUT2D eigenvalue weighted by Gasteiger charge is -2.04. The molecule has 6 heteroatoms. The van der Waals surface area contributed by atoms with Crippen LogP contribution in [0.3, 0.4) is 0 Å². The van der Waals surface area contributed by atoms with Gasteiger partial charge in [0.2, 0.25) is 6.41 Å². The Morgan fingerprint density at radius 3 is 2.32 bits per heavy atom. The molecule has 1 heterocycles. The molecule has 1 aromatic heterocycles. The van der Waals surface area contributed by atoms with E-state index in [1.54, 1.807) is 42.5 Å². The van der Waals surface area contributed by atoms with Crippen molar-refractivity contribution >= 4 is 27.3 Å². The number of carbonyl (C=O) groups excluding carboxylic acids is 1. The van der Waals surface area contributed by atoms with Crippen LogP contribution < -0.4 is 5.36 Å². The Morgan fingerprint density at radius 1 is 0.909 bits per heavy atom. The topological polar surface area (TPSA) is 68.5 Å². The molecule has 0 fully saturated rings. The zero-order chi connectivity index (χ0) is 15.6. The Labute approximate surface area is 127 Å². The van der Waals surface area contributed by atoms with Crippen LogP contribution in [-0.2, 0) is 14.8 Å². The van der Waals surface area contributed by atoms with E-state index in [-0.39, 0.29) is 4.90 Å². The minimum Gasteiger partial charge on any atom is -0.290 e. The lowest BCUT2D eigenvalue weighted by Crippen LogP contribution is -2.12. The Kier molecular flexibility index (Phi) is 3.60. The van der Waals surface area contributed by atoms with E-state index in [2.05, 4.69) is 4.40 Å². The van der Waals surface area contributed by atoms with E-state index in [0.717, 1.165) is 0 Å². The molecule has 22 heavy (non-hydrogen) atoms. The van der Waals surface area contributed by atoms with Crippen molar-refractivity contribution in [1.82, 2.24) is 4.57 Å². The smallest absolute Gasteiger partial charge is 0.282 e. The van der Waals surface area contributed by atoms with Crippen molar-refractivity contribution in [3.8, 4) is 0 Å². The lowest BCUT2D eigenvalue weighted by atomic mass is 10.2. The number of pyridine rings is 1. The molecule has 0 aliphatic rings. The zero-order valence-electron chi connectivity index (χ0n) is 11.5. The molecular weight excluding hydrogens is 300 g/mol. The maximum Gasteiger partial charge on any atom is 0.282 e. The first-order chi connectivity index (χ1) is 10.6. The molecule has 3 aromatic rings. The predicted molar refractivity (Wildman–Crippen MR) is 83.3 cm³/mol. The quantitative estimate of drug-likeness (QED) is 0.694. The Bertz CT molecular complexity index is 1010. The van der Waals surface area contributed by atoms with Crippen LogP contribution in [0.5, 0.6) is 0 Å². The van der Waals surface area contributed by atoms with Crippen molar-refractivity contribution in [2.75, 3.05) is 0 Å². The van der Waals surface area contributed by atoms with E-state index < -0.39 is 10.0 Å². The van der Waals surface area contributed by atoms with Crippen LogP contribution in [0, 0.1) is 0 Å². The summed E-state index contributed by atoms with van der Waals surface area (Å²) in [5, 5.41) is 0.897. The molecule has 0 aliphatic heterocycles. The third-order valence-corrected chi connectivity index (χ3v) is 4.53. The second kappa shape index (κ2) is 5.57. The molecule has 0 spiro atoms. The Morgan fingerprint density at radius 2 is 1.59 bits per heavy atom. The summed E-state index contributed by atoms with van der Waals surface area (Å²) in [5.41, 5.74) is 0.599. The van der Waals surface area contributed by atoms with Crippen molar-refractivity contribution in [3.63, 3.8) is 0 Å². The van der Waals surface area contributed by atoms with Crippen LogP contribution in [-0.4, -0.2) is 19.4 Å². The van der Waals surface area contributed by atoms with Crippen molar-refractivity contribution in [1.29, 1.82) is 0 Å². The number of carbonyl (C=O) groups is 1. The van der Waals surface area contributed by atoms with Gasteiger partial charge in [0.1, 0.15) is 0 Å². The highest BCUT2D eigenvalue weighted by molar-refractivity contribution is 7.90. The van der Waals surface area contributed by atoms with Gasteiger partial charge in [-0.25, -0.2) is 0 Å². The van der Waals surface area contributed by atoms with E-state index in [0.29, 0.717) is 22.7 Å². The summed E-state index contributed by atoms with van der Waals surface area (Å²) in [5.74, 6) is 0. The van der Waals surface area contributed by atoms with Crippen LogP contribution in [0.2, 0.25) is 0 Å². The number of rotatable bonds is 3. The lowest BCUT2D eigenvalue weighted by molar-refractivity contribution is 0.548. The Balaban J connectivity index is 2.29. The molecule has 0 unspecified atom stereocenters. The highest BCUT2D eigenvalue weighted by atomic mass is 32.2. The van der Waals surface area contributed by atoms with Gasteiger partial charge in [-0.2, -0.15) is 12.8 Å². The third-order valence-electron chi connectivity index (χ3n) is 3.22. The highest BCUT2D eigenvalue weighted by Gasteiger charge is 2.11. The van der Waals surface area contributed by atoms with Gasteiger partial charge < -0.3 is 0 Å². The molecule has 110 valence electrons. The summed E-state index contributed by atoms with van der Waals surface area (Å²) in [6, 6.07) is 16.5. The van der Waals surface area contributed by atoms with E-state index in [4.69, 9.17) is 0 Å². The van der Waals surface area contributed by atoms with Gasteiger partial charge >= 0.3 is 0 Å². The maximum atomic E-state index is 12.4. The second-order valence-corrected chi connectivity index (χ2v) is 6.21. The van der Waals surface area contributed by atoms with E-state index in [9.17, 15) is 13.2 Å². The van der Waals surface area contributed by atoms with Crippen molar-refractivity contribution in [2.45, 2.75) is 4.90 Å². The number of hydrogen-bond donors (Lipinski definition) is 0. The molecule has 0 saturated heterocycles. The summed E-state index contributed by atoms with van der Waals surface area (Å²) in [7, 11) is -3.80. The molecule has 0 N–H and O–H groups in total. The maximum absolute atomic E-state index is 12.4. The third kappa shape index (κ3) is 2.56. The zero-order valence-corrected chi connectivity index (χ0v) is 12.3. The van der Waals surface area contributed by atoms with E-state index in [1.807, 2.05) is 0 Å². The summed E-state index contributed by atoms with van der Waals surface area (Å²) in [6.07, 6.45) is 2.16. The Hall–Kier alpha value is -2.73. The molecular formula is C16H12N2O3S. The van der Waals surface area contributed by atoms with E-state index in [1.165, 1.54) is 29.0 Å². The molecule has 0 saturated carbocycles. The number of sulfonamides is 1. The number of aromatic nitrogens is 1. The molecule has 0 radical (unpaired) electrons. The van der Waals surface area contributed by atoms with Gasteiger partial charge in [-0.15, -0.1) is 0 Å². The summed E-state index contributed by atoms with van der Waals surface area (Å²) in [6.45, 7) is 0. The second-order valence-electron chi connectivity index (χ2n) is 4.61. The average Bonchev–Trinajstić information content (AvgIpc) is 2.56. The number of benzene rings is 2. The molecule has 0 bridgehead atoms. The highest BCUT2D eigenvalue weighted by Crippen LogP contribution is 2.12. The van der Waals surface area contributed by atoms with Crippen molar-refractivity contribution in [2.24, 2.45) is 4.40 Å². The van der Waals surface area contributed by atoms with Gasteiger partial charge in [0.15, 0.2) is 0 Å². The summed E-state index contributed by atoms with van der Waals surface area (Å²) in [4.78, 5) is 11.2. The summed E-state index contributed by atoms with van der Waals surface area (Å²) < 4.78 is 30.0. The molecule has 5 nitrogen and oxygen atoms in total. The first kappa shape index (κ1) is 14.2. The number of nitrogens with zero attached hydrogens (tertiary/aromatic N) is 2. The molecule has 0 atom stereocenters. The monoisotopic (exact) mass is 312 g/mol. The van der Waals surface area contributed by atoms with Crippen LogP contribution in [0.15, 0.2) is 76.2 Å². The molecule has 0 aliphatic carbocycles. The van der Waals surface area contributed by atoms with Crippen LogP contribution in [0.1, 0.15) is 0 Å². The van der Waals surface area contributed by atoms with Gasteiger partial charge in [-0.1, -0.05) is 36.4 Å². The molecule has 3 rings (SSSR count). The minimum absolute atomic E-state index is 0.131. The van der Waals surface area contributed by atoms with Crippen LogP contribution >= 0.6 is 0 Å². The standard InChI is InChI=1S/C16H12N2O3S/c19-12-18-11-10-15(14-8-4-5-9-16(14)18)17-22(20,21)13-6-2-1-3-7-13/h1-12H. The van der Waals surface area contributed by atoms with Crippen LogP contribution in [0.4, 0.5) is 0 Å². The fraction of sp³-hybridized carbons (Fsp3) is 0. The van der Waals surface area contributed by atoms with Gasteiger partial charge in [0, 0.05) is 11.6 Å². The first-order valence-corrected chi connectivity index (χ1v) is 7.97. The number of fused-ring (bicyclic) bond motifs is 1. The fourth-order valence-corrected chi connectivity index (χ4v) is 3.21. The predicted octanol–water partition coefficient (Wildman–Crippen LogP) is 1.97. The normalized spacial score (nSPS) is 12.5. The van der Waals surface area contributed by atoms with Crippen molar-refractivity contribution < 1.29 is 13.2 Å². The minimum atomic E-state index is -3.80. The van der Waals surface area contributed by atoms with Gasteiger partial charge in [0.05, 0.1) is 15.8 Å². The van der Waals surface area contributed by atoms with Gasteiger partial charge in [0.25, 0.3) is 10.0 Å².